The van der Waals surface area contributed by atoms with Gasteiger partial charge in [0.2, 0.25) is 0 Å². The number of carbonyl (C=O) groups excluding carboxylic acids is 2. The van der Waals surface area contributed by atoms with Gasteiger partial charge in [-0.05, 0) is 23.3 Å². The van der Waals surface area contributed by atoms with Crippen molar-refractivity contribution in [3.63, 3.8) is 0 Å². The number of rotatable bonds is 6. The average Bonchev–Trinajstić information content (AvgIpc) is 2.54. The number of hydrogen-bond acceptors (Lipinski definition) is 3. The van der Waals surface area contributed by atoms with Crippen molar-refractivity contribution in [2.75, 3.05) is 6.54 Å². The van der Waals surface area contributed by atoms with E-state index in [0.29, 0.717) is 0 Å². The molecule has 0 aliphatic heterocycles. The molecule has 0 aromatic heterocycles. The first-order valence-corrected chi connectivity index (χ1v) is 7.63. The second kappa shape index (κ2) is 8.34. The summed E-state index contributed by atoms with van der Waals surface area (Å²) in [7, 11) is 0. The maximum atomic E-state index is 11.8. The number of alkyl carbamates (subject to hydrolysis) is 1. The van der Waals surface area contributed by atoms with Gasteiger partial charge in [-0.2, -0.15) is 0 Å². The van der Waals surface area contributed by atoms with Gasteiger partial charge in [0.25, 0.3) is 0 Å². The molecule has 22 heavy (non-hydrogen) atoms. The molecule has 2 rings (SSSR count). The molecule has 114 valence electrons. The van der Waals surface area contributed by atoms with Crippen molar-refractivity contribution in [1.82, 2.24) is 5.32 Å². The first kappa shape index (κ1) is 16.2. The van der Waals surface area contributed by atoms with Crippen LogP contribution < -0.4 is 5.32 Å². The molecule has 0 bridgehead atoms. The molecule has 1 N–H and O–H groups in total. The van der Waals surface area contributed by atoms with Crippen molar-refractivity contribution in [3.05, 3.63) is 70.2 Å². The van der Waals surface area contributed by atoms with E-state index in [-0.39, 0.29) is 25.4 Å². The zero-order valence-electron chi connectivity index (χ0n) is 11.9. The molecule has 0 heterocycles. The Labute approximate surface area is 137 Å². The lowest BCUT2D eigenvalue weighted by atomic mass is 10.1. The second-order valence-corrected chi connectivity index (χ2v) is 5.67. The van der Waals surface area contributed by atoms with Gasteiger partial charge in [-0.1, -0.05) is 58.4 Å². The fourth-order valence-electron chi connectivity index (χ4n) is 1.84. The van der Waals surface area contributed by atoms with Gasteiger partial charge in [0.1, 0.15) is 6.61 Å². The Hall–Kier alpha value is -2.14. The molecule has 0 aliphatic rings. The van der Waals surface area contributed by atoms with Crippen LogP contribution in [-0.4, -0.2) is 18.4 Å². The molecule has 1 amide bonds. The van der Waals surface area contributed by atoms with Crippen molar-refractivity contribution in [2.45, 2.75) is 13.0 Å². The van der Waals surface area contributed by atoms with Crippen molar-refractivity contribution < 1.29 is 14.3 Å². The summed E-state index contributed by atoms with van der Waals surface area (Å²) in [5.74, 6) is -0.0704. The summed E-state index contributed by atoms with van der Waals surface area (Å²) < 4.78 is 6.00. The zero-order valence-corrected chi connectivity index (χ0v) is 13.5. The summed E-state index contributed by atoms with van der Waals surface area (Å²) in [6.45, 7) is 0.150. The number of hydrogen-bond donors (Lipinski definition) is 1. The highest BCUT2D eigenvalue weighted by molar-refractivity contribution is 9.10. The zero-order chi connectivity index (χ0) is 15.8. The standard InChI is InChI=1S/C17H16BrNO3/c18-15-8-6-13(7-9-15)10-16(20)11-19-17(21)22-12-14-4-2-1-3-5-14/h1-9H,10-12H2,(H,19,21). The Bertz CT molecular complexity index is 626. The average molecular weight is 362 g/mol. The van der Waals surface area contributed by atoms with E-state index in [1.165, 1.54) is 0 Å². The summed E-state index contributed by atoms with van der Waals surface area (Å²) in [5, 5.41) is 2.46. The largest absolute Gasteiger partial charge is 0.445 e. The van der Waals surface area contributed by atoms with Gasteiger partial charge in [-0.25, -0.2) is 4.79 Å². The summed E-state index contributed by atoms with van der Waals surface area (Å²) in [4.78, 5) is 23.3. The SMILES string of the molecule is O=C(CNC(=O)OCc1ccccc1)Cc1ccc(Br)cc1. The summed E-state index contributed by atoms with van der Waals surface area (Å²) in [6, 6.07) is 16.9. The molecule has 4 nitrogen and oxygen atoms in total. The monoisotopic (exact) mass is 361 g/mol. The Morgan fingerprint density at radius 1 is 0.955 bits per heavy atom. The Morgan fingerprint density at radius 3 is 2.32 bits per heavy atom. The molecule has 0 atom stereocenters. The lowest BCUT2D eigenvalue weighted by molar-refractivity contribution is -0.117. The van der Waals surface area contributed by atoms with Crippen LogP contribution in [0.5, 0.6) is 0 Å². The normalized spacial score (nSPS) is 10.0. The Kier molecular flexibility index (Phi) is 6.15. The van der Waals surface area contributed by atoms with E-state index < -0.39 is 6.09 Å². The van der Waals surface area contributed by atoms with Crippen molar-refractivity contribution in [3.8, 4) is 0 Å². The third kappa shape index (κ3) is 5.69. The van der Waals surface area contributed by atoms with Gasteiger partial charge in [0, 0.05) is 10.9 Å². The molecule has 0 spiro atoms. The van der Waals surface area contributed by atoms with Gasteiger partial charge in [-0.3, -0.25) is 4.79 Å². The van der Waals surface area contributed by atoms with Crippen molar-refractivity contribution in [2.24, 2.45) is 0 Å². The highest BCUT2D eigenvalue weighted by Gasteiger charge is 2.07. The molecule has 0 radical (unpaired) electrons. The molecule has 0 fully saturated rings. The van der Waals surface area contributed by atoms with Crippen LogP contribution in [0.25, 0.3) is 0 Å². The van der Waals surface area contributed by atoms with E-state index in [1.807, 2.05) is 54.6 Å². The summed E-state index contributed by atoms with van der Waals surface area (Å²) in [6.07, 6.45) is -0.306. The number of amides is 1. The number of halogens is 1. The maximum absolute atomic E-state index is 11.8. The molecular formula is C17H16BrNO3. The number of ether oxygens (including phenoxy) is 1. The van der Waals surface area contributed by atoms with E-state index in [1.54, 1.807) is 0 Å². The second-order valence-electron chi connectivity index (χ2n) is 4.76. The first-order valence-electron chi connectivity index (χ1n) is 6.84. The van der Waals surface area contributed by atoms with E-state index in [0.717, 1.165) is 15.6 Å². The van der Waals surface area contributed by atoms with Crippen LogP contribution in [0.2, 0.25) is 0 Å². The van der Waals surface area contributed by atoms with Gasteiger partial charge < -0.3 is 10.1 Å². The number of benzene rings is 2. The summed E-state index contributed by atoms with van der Waals surface area (Å²) in [5.41, 5.74) is 1.81. The minimum atomic E-state index is -0.590. The van der Waals surface area contributed by atoms with Crippen molar-refractivity contribution >= 4 is 27.8 Å². The summed E-state index contributed by atoms with van der Waals surface area (Å²) >= 11 is 3.34. The molecule has 2 aromatic rings. The van der Waals surface area contributed by atoms with Gasteiger partial charge in [0.15, 0.2) is 5.78 Å². The first-order chi connectivity index (χ1) is 10.6. The quantitative estimate of drug-likeness (QED) is 0.856. The lowest BCUT2D eigenvalue weighted by Gasteiger charge is -2.07. The van der Waals surface area contributed by atoms with Crippen LogP contribution in [0.15, 0.2) is 59.1 Å². The fourth-order valence-corrected chi connectivity index (χ4v) is 2.10. The molecule has 5 heteroatoms. The minimum absolute atomic E-state index is 0.0380. The minimum Gasteiger partial charge on any atom is -0.445 e. The highest BCUT2D eigenvalue weighted by Crippen LogP contribution is 2.11. The van der Waals surface area contributed by atoms with E-state index in [2.05, 4.69) is 21.2 Å². The van der Waals surface area contributed by atoms with Crippen LogP contribution in [-0.2, 0) is 22.6 Å². The predicted molar refractivity (Wildman–Crippen MR) is 87.5 cm³/mol. The Balaban J connectivity index is 1.69. The van der Waals surface area contributed by atoms with Gasteiger partial charge >= 0.3 is 6.09 Å². The number of carbonyl (C=O) groups is 2. The molecule has 2 aromatic carbocycles. The lowest BCUT2D eigenvalue weighted by Crippen LogP contribution is -2.30. The highest BCUT2D eigenvalue weighted by atomic mass is 79.9. The Morgan fingerprint density at radius 2 is 1.64 bits per heavy atom. The predicted octanol–water partition coefficient (Wildman–Crippen LogP) is 3.49. The molecule has 0 unspecified atom stereocenters. The number of nitrogens with one attached hydrogen (secondary N) is 1. The molecule has 0 saturated heterocycles. The van der Waals surface area contributed by atoms with E-state index in [4.69, 9.17) is 4.74 Å². The van der Waals surface area contributed by atoms with Crippen LogP contribution in [0, 0.1) is 0 Å². The molecular weight excluding hydrogens is 346 g/mol. The number of Topliss-reactive ketones (excluding diaryl/α,β-unsaturated/α-hetero) is 1. The number of ketones is 1. The van der Waals surface area contributed by atoms with Crippen LogP contribution in [0.4, 0.5) is 4.79 Å². The van der Waals surface area contributed by atoms with Crippen LogP contribution in [0.1, 0.15) is 11.1 Å². The van der Waals surface area contributed by atoms with Gasteiger partial charge in [-0.15, -0.1) is 0 Å². The fraction of sp³-hybridized carbons (Fsp3) is 0.176. The smallest absolute Gasteiger partial charge is 0.407 e. The topological polar surface area (TPSA) is 55.4 Å². The van der Waals surface area contributed by atoms with E-state index in [9.17, 15) is 9.59 Å². The molecule has 0 saturated carbocycles. The van der Waals surface area contributed by atoms with Gasteiger partial charge in [0.05, 0.1) is 6.54 Å². The third-order valence-corrected chi connectivity index (χ3v) is 3.49. The third-order valence-electron chi connectivity index (χ3n) is 2.96. The van der Waals surface area contributed by atoms with Crippen LogP contribution in [0.3, 0.4) is 0 Å². The van der Waals surface area contributed by atoms with Crippen molar-refractivity contribution in [1.29, 1.82) is 0 Å². The maximum Gasteiger partial charge on any atom is 0.407 e. The van der Waals surface area contributed by atoms with E-state index >= 15 is 0 Å². The molecule has 0 aliphatic carbocycles. The van der Waals surface area contributed by atoms with Crippen LogP contribution >= 0.6 is 15.9 Å².